The molecule has 21 heavy (non-hydrogen) atoms. The minimum absolute atomic E-state index is 0.609. The molecule has 1 atom stereocenters. The summed E-state index contributed by atoms with van der Waals surface area (Å²) in [4.78, 5) is 4.03. The van der Waals surface area contributed by atoms with Crippen LogP contribution in [-0.4, -0.2) is 35.3 Å². The Bertz CT molecular complexity index is 454. The topological polar surface area (TPSA) is 15.3 Å². The predicted octanol–water partition coefficient (Wildman–Crippen LogP) is 4.62. The third kappa shape index (κ3) is 3.95. The van der Waals surface area contributed by atoms with Crippen molar-refractivity contribution in [1.29, 1.82) is 0 Å². The normalized spacial score (nSPS) is 24.0. The summed E-state index contributed by atoms with van der Waals surface area (Å²) in [6.07, 6.45) is 6.88. The van der Waals surface area contributed by atoms with E-state index >= 15 is 0 Å². The van der Waals surface area contributed by atoms with E-state index < -0.39 is 0 Å². The zero-order valence-electron chi connectivity index (χ0n) is 13.3. The second-order valence-corrected chi connectivity index (χ2v) is 8.08. The maximum atomic E-state index is 3.81. The van der Waals surface area contributed by atoms with Crippen LogP contribution >= 0.6 is 11.8 Å². The molecule has 1 aliphatic heterocycles. The van der Waals surface area contributed by atoms with E-state index in [9.17, 15) is 0 Å². The number of hydrogen-bond acceptors (Lipinski definition) is 3. The molecule has 116 valence electrons. The predicted molar refractivity (Wildman–Crippen MR) is 93.3 cm³/mol. The Hall–Kier alpha value is -0.670. The van der Waals surface area contributed by atoms with E-state index in [1.54, 1.807) is 0 Å². The van der Waals surface area contributed by atoms with Gasteiger partial charge in [-0.25, -0.2) is 0 Å². The molecule has 1 saturated heterocycles. The molecule has 3 rings (SSSR count). The number of nitrogens with zero attached hydrogens (tertiary/aromatic N) is 1. The molecule has 1 aromatic carbocycles. The van der Waals surface area contributed by atoms with E-state index in [2.05, 4.69) is 60.1 Å². The first-order chi connectivity index (χ1) is 10.2. The summed E-state index contributed by atoms with van der Waals surface area (Å²) in [7, 11) is 0. The fourth-order valence-electron chi connectivity index (χ4n) is 3.47. The number of hydrogen-bond donors (Lipinski definition) is 1. The van der Waals surface area contributed by atoms with Gasteiger partial charge in [0.15, 0.2) is 0 Å². The Labute approximate surface area is 133 Å². The van der Waals surface area contributed by atoms with Crippen LogP contribution in [0.4, 0.5) is 5.69 Å². The van der Waals surface area contributed by atoms with Crippen LogP contribution in [-0.2, 0) is 0 Å². The minimum Gasteiger partial charge on any atom is -0.380 e. The average molecular weight is 305 g/mol. The highest BCUT2D eigenvalue weighted by Gasteiger charge is 2.25. The second-order valence-electron chi connectivity index (χ2n) is 6.74. The van der Waals surface area contributed by atoms with Gasteiger partial charge in [0.05, 0.1) is 0 Å². The van der Waals surface area contributed by atoms with Crippen molar-refractivity contribution in [2.24, 2.45) is 0 Å². The molecule has 2 fully saturated rings. The number of nitrogens with one attached hydrogen (secondary N) is 1. The lowest BCUT2D eigenvalue weighted by Crippen LogP contribution is -2.31. The maximum Gasteiger partial charge on any atom is 0.0481 e. The van der Waals surface area contributed by atoms with E-state index in [1.807, 2.05) is 0 Å². The van der Waals surface area contributed by atoms with Gasteiger partial charge in [-0.3, -0.25) is 4.90 Å². The minimum atomic E-state index is 0.609. The van der Waals surface area contributed by atoms with Crippen molar-refractivity contribution in [1.82, 2.24) is 4.90 Å². The van der Waals surface area contributed by atoms with Crippen LogP contribution in [0.3, 0.4) is 0 Å². The molecule has 1 aromatic rings. The van der Waals surface area contributed by atoms with Crippen molar-refractivity contribution < 1.29 is 0 Å². The SMILES string of the molecule is CC(C)N1CCC(Nc2ccccc2SC2CCCC2)C1. The Morgan fingerprint density at radius 3 is 2.62 bits per heavy atom. The molecule has 0 spiro atoms. The van der Waals surface area contributed by atoms with Gasteiger partial charge >= 0.3 is 0 Å². The summed E-state index contributed by atoms with van der Waals surface area (Å²) in [5, 5.41) is 4.64. The number of rotatable bonds is 5. The monoisotopic (exact) mass is 304 g/mol. The van der Waals surface area contributed by atoms with Crippen LogP contribution in [0, 0.1) is 0 Å². The van der Waals surface area contributed by atoms with Gasteiger partial charge in [0.25, 0.3) is 0 Å². The molecular formula is C18H28N2S. The Balaban J connectivity index is 1.62. The van der Waals surface area contributed by atoms with E-state index in [1.165, 1.54) is 55.8 Å². The van der Waals surface area contributed by atoms with Crippen LogP contribution in [0.15, 0.2) is 29.2 Å². The summed E-state index contributed by atoms with van der Waals surface area (Å²) >= 11 is 2.09. The van der Waals surface area contributed by atoms with Gasteiger partial charge in [-0.05, 0) is 45.2 Å². The molecule has 2 nitrogen and oxygen atoms in total. The number of likely N-dealkylation sites (tertiary alicyclic amines) is 1. The lowest BCUT2D eigenvalue weighted by Gasteiger charge is -2.22. The molecule has 1 N–H and O–H groups in total. The average Bonchev–Trinajstić information content (AvgIpc) is 3.12. The van der Waals surface area contributed by atoms with Gasteiger partial charge in [-0.2, -0.15) is 0 Å². The molecule has 0 amide bonds. The van der Waals surface area contributed by atoms with Crippen molar-refractivity contribution in [3.05, 3.63) is 24.3 Å². The Morgan fingerprint density at radius 2 is 1.90 bits per heavy atom. The first-order valence-corrected chi connectivity index (χ1v) is 9.36. The molecule has 0 radical (unpaired) electrons. The van der Waals surface area contributed by atoms with E-state index in [0.717, 1.165) is 5.25 Å². The first kappa shape index (κ1) is 15.2. The van der Waals surface area contributed by atoms with Gasteiger partial charge < -0.3 is 5.32 Å². The third-order valence-corrected chi connectivity index (χ3v) is 6.21. The second kappa shape index (κ2) is 7.06. The van der Waals surface area contributed by atoms with Gasteiger partial charge in [0.2, 0.25) is 0 Å². The maximum absolute atomic E-state index is 3.81. The smallest absolute Gasteiger partial charge is 0.0481 e. The summed E-state index contributed by atoms with van der Waals surface area (Å²) in [5.74, 6) is 0. The Morgan fingerprint density at radius 1 is 1.14 bits per heavy atom. The van der Waals surface area contributed by atoms with E-state index in [4.69, 9.17) is 0 Å². The third-order valence-electron chi connectivity index (χ3n) is 4.79. The van der Waals surface area contributed by atoms with Crippen molar-refractivity contribution in [2.75, 3.05) is 18.4 Å². The van der Waals surface area contributed by atoms with Crippen molar-refractivity contribution in [2.45, 2.75) is 68.2 Å². The molecule has 1 aliphatic carbocycles. The highest BCUT2D eigenvalue weighted by molar-refractivity contribution is 8.00. The standard InChI is InChI=1S/C18H28N2S/c1-14(2)20-12-11-15(13-20)19-17-9-5-6-10-18(17)21-16-7-3-4-8-16/h5-6,9-10,14-16,19H,3-4,7-8,11-13H2,1-2H3. The zero-order chi connectivity index (χ0) is 14.7. The highest BCUT2D eigenvalue weighted by Crippen LogP contribution is 2.38. The quantitative estimate of drug-likeness (QED) is 0.855. The molecule has 1 heterocycles. The van der Waals surface area contributed by atoms with Gasteiger partial charge in [-0.1, -0.05) is 25.0 Å². The number of benzene rings is 1. The van der Waals surface area contributed by atoms with Crippen molar-refractivity contribution in [3.63, 3.8) is 0 Å². The summed E-state index contributed by atoms with van der Waals surface area (Å²) < 4.78 is 0. The molecule has 3 heteroatoms. The van der Waals surface area contributed by atoms with Crippen LogP contribution in [0.25, 0.3) is 0 Å². The zero-order valence-corrected chi connectivity index (χ0v) is 14.2. The van der Waals surface area contributed by atoms with Crippen molar-refractivity contribution >= 4 is 17.4 Å². The van der Waals surface area contributed by atoms with Crippen LogP contribution in [0.1, 0.15) is 46.0 Å². The molecular weight excluding hydrogens is 276 g/mol. The largest absolute Gasteiger partial charge is 0.380 e. The fourth-order valence-corrected chi connectivity index (χ4v) is 4.81. The van der Waals surface area contributed by atoms with Gasteiger partial charge in [0, 0.05) is 41.0 Å². The lowest BCUT2D eigenvalue weighted by atomic mass is 10.2. The van der Waals surface area contributed by atoms with E-state index in [0.29, 0.717) is 12.1 Å². The summed E-state index contributed by atoms with van der Waals surface area (Å²) in [5.41, 5.74) is 1.35. The van der Waals surface area contributed by atoms with Gasteiger partial charge in [-0.15, -0.1) is 11.8 Å². The first-order valence-electron chi connectivity index (χ1n) is 8.48. The fraction of sp³-hybridized carbons (Fsp3) is 0.667. The number of anilines is 1. The Kier molecular flexibility index (Phi) is 5.12. The van der Waals surface area contributed by atoms with Crippen LogP contribution in [0.2, 0.25) is 0 Å². The van der Waals surface area contributed by atoms with Crippen molar-refractivity contribution in [3.8, 4) is 0 Å². The lowest BCUT2D eigenvalue weighted by molar-refractivity contribution is 0.274. The molecule has 0 aromatic heterocycles. The molecule has 2 aliphatic rings. The van der Waals surface area contributed by atoms with Crippen LogP contribution < -0.4 is 5.32 Å². The molecule has 0 bridgehead atoms. The highest BCUT2D eigenvalue weighted by atomic mass is 32.2. The molecule has 1 saturated carbocycles. The number of thioether (sulfide) groups is 1. The summed E-state index contributed by atoms with van der Waals surface area (Å²) in [6.45, 7) is 7.01. The van der Waals surface area contributed by atoms with Gasteiger partial charge in [0.1, 0.15) is 0 Å². The van der Waals surface area contributed by atoms with Crippen LogP contribution in [0.5, 0.6) is 0 Å². The molecule has 1 unspecified atom stereocenters. The number of para-hydroxylation sites is 1. The van der Waals surface area contributed by atoms with E-state index in [-0.39, 0.29) is 0 Å². The summed E-state index contributed by atoms with van der Waals surface area (Å²) in [6, 6.07) is 10.2.